The molecule has 0 bridgehead atoms. The van der Waals surface area contributed by atoms with Crippen molar-refractivity contribution in [3.63, 3.8) is 0 Å². The van der Waals surface area contributed by atoms with E-state index in [0.717, 1.165) is 17.0 Å². The van der Waals surface area contributed by atoms with Gasteiger partial charge in [0.1, 0.15) is 0 Å². The van der Waals surface area contributed by atoms with Gasteiger partial charge in [-0.25, -0.2) is 9.48 Å². The van der Waals surface area contributed by atoms with Crippen LogP contribution in [0.3, 0.4) is 0 Å². The average Bonchev–Trinajstić information content (AvgIpc) is 3.28. The molecule has 0 saturated heterocycles. The molecular weight excluding hydrogens is 424 g/mol. The van der Waals surface area contributed by atoms with Crippen molar-refractivity contribution in [3.05, 3.63) is 40.2 Å². The Labute approximate surface area is 181 Å². The highest BCUT2D eigenvalue weighted by molar-refractivity contribution is 7.17. The Morgan fingerprint density at radius 1 is 1.35 bits per heavy atom. The summed E-state index contributed by atoms with van der Waals surface area (Å²) in [6.45, 7) is 5.53. The van der Waals surface area contributed by atoms with Crippen LogP contribution >= 0.6 is 11.3 Å². The lowest BCUT2D eigenvalue weighted by Gasteiger charge is -2.50. The van der Waals surface area contributed by atoms with Gasteiger partial charge < -0.3 is 19.6 Å². The Morgan fingerprint density at radius 2 is 2.10 bits per heavy atom. The van der Waals surface area contributed by atoms with Crippen molar-refractivity contribution in [2.75, 3.05) is 17.7 Å². The molecule has 1 aliphatic rings. The summed E-state index contributed by atoms with van der Waals surface area (Å²) in [6.07, 6.45) is 2.59. The highest BCUT2D eigenvalue weighted by atomic mass is 32.1. The largest absolute Gasteiger partial charge is 0.488 e. The van der Waals surface area contributed by atoms with Crippen molar-refractivity contribution in [1.82, 2.24) is 20.0 Å². The number of methoxy groups -OCH3 is 1. The van der Waals surface area contributed by atoms with E-state index in [2.05, 4.69) is 25.9 Å². The lowest BCUT2D eigenvalue weighted by molar-refractivity contribution is -0.0566. The molecule has 3 aromatic rings. The van der Waals surface area contributed by atoms with Crippen LogP contribution in [0, 0.1) is 6.92 Å². The summed E-state index contributed by atoms with van der Waals surface area (Å²) < 4.78 is 11.9. The van der Waals surface area contributed by atoms with Crippen molar-refractivity contribution in [2.24, 2.45) is 0 Å². The Hall–Kier alpha value is -3.25. The normalized spacial score (nSPS) is 22.6. The summed E-state index contributed by atoms with van der Waals surface area (Å²) in [7, 11) is 1.34. The van der Waals surface area contributed by atoms with Crippen LogP contribution in [-0.2, 0) is 0 Å². The SMILES string of the molecule is COc1c(NC2(C)CC(C)(O)C2)cc(C(=O)Nc2nnc(-n3nccc3C)s2)oc1=O. The quantitative estimate of drug-likeness (QED) is 0.517. The van der Waals surface area contributed by atoms with E-state index in [1.54, 1.807) is 17.8 Å². The van der Waals surface area contributed by atoms with Crippen LogP contribution < -0.4 is 21.0 Å². The molecule has 3 heterocycles. The van der Waals surface area contributed by atoms with Crippen molar-refractivity contribution in [2.45, 2.75) is 44.8 Å². The van der Waals surface area contributed by atoms with Gasteiger partial charge in [-0.2, -0.15) is 5.10 Å². The average molecular weight is 446 g/mol. The molecule has 0 aliphatic heterocycles. The highest BCUT2D eigenvalue weighted by Crippen LogP contribution is 2.44. The molecule has 164 valence electrons. The maximum Gasteiger partial charge on any atom is 0.381 e. The monoisotopic (exact) mass is 446 g/mol. The van der Waals surface area contributed by atoms with E-state index in [-0.39, 0.29) is 16.6 Å². The van der Waals surface area contributed by atoms with Gasteiger partial charge in [0.05, 0.1) is 18.4 Å². The lowest BCUT2D eigenvalue weighted by Crippen LogP contribution is -2.57. The zero-order valence-electron chi connectivity index (χ0n) is 17.4. The predicted molar refractivity (Wildman–Crippen MR) is 113 cm³/mol. The fraction of sp³-hybridized carbons (Fsp3) is 0.421. The minimum absolute atomic E-state index is 0.0447. The zero-order valence-corrected chi connectivity index (χ0v) is 18.2. The Bertz CT molecular complexity index is 1190. The van der Waals surface area contributed by atoms with Crippen LogP contribution in [0.4, 0.5) is 10.8 Å². The third kappa shape index (κ3) is 4.16. The fourth-order valence-electron chi connectivity index (χ4n) is 4.00. The number of nitrogens with one attached hydrogen (secondary N) is 2. The third-order valence-electron chi connectivity index (χ3n) is 4.96. The topological polar surface area (TPSA) is 144 Å². The number of carbonyl (C=O) groups excluding carboxylic acids is 1. The number of hydrogen-bond acceptors (Lipinski definition) is 10. The number of hydrogen-bond donors (Lipinski definition) is 3. The highest BCUT2D eigenvalue weighted by Gasteiger charge is 2.48. The molecule has 0 aromatic carbocycles. The van der Waals surface area contributed by atoms with Gasteiger partial charge in [-0.1, -0.05) is 11.3 Å². The van der Waals surface area contributed by atoms with Gasteiger partial charge in [0.25, 0.3) is 5.91 Å². The number of nitrogens with zero attached hydrogens (tertiary/aromatic N) is 4. The van der Waals surface area contributed by atoms with Crippen molar-refractivity contribution >= 4 is 28.1 Å². The fourth-order valence-corrected chi connectivity index (χ4v) is 4.76. The molecular formula is C19H22N6O5S. The number of anilines is 2. The van der Waals surface area contributed by atoms with Crippen LogP contribution in [0.5, 0.6) is 5.75 Å². The van der Waals surface area contributed by atoms with Crippen LogP contribution in [0.25, 0.3) is 5.13 Å². The second-order valence-electron chi connectivity index (χ2n) is 8.11. The summed E-state index contributed by atoms with van der Waals surface area (Å²) in [4.78, 5) is 25.1. The Kier molecular flexibility index (Phi) is 5.06. The van der Waals surface area contributed by atoms with E-state index >= 15 is 0 Å². The molecule has 1 aliphatic carbocycles. The summed E-state index contributed by atoms with van der Waals surface area (Å²) in [6, 6.07) is 3.22. The molecule has 1 saturated carbocycles. The number of aliphatic hydroxyl groups is 1. The molecule has 0 unspecified atom stereocenters. The van der Waals surface area contributed by atoms with E-state index in [0.29, 0.717) is 23.7 Å². The van der Waals surface area contributed by atoms with E-state index in [1.807, 2.05) is 19.9 Å². The first-order valence-electron chi connectivity index (χ1n) is 9.48. The van der Waals surface area contributed by atoms with E-state index in [9.17, 15) is 14.7 Å². The predicted octanol–water partition coefficient (Wildman–Crippen LogP) is 1.96. The van der Waals surface area contributed by atoms with Crippen LogP contribution in [0.15, 0.2) is 27.5 Å². The van der Waals surface area contributed by atoms with E-state index in [1.165, 1.54) is 13.2 Å². The second kappa shape index (κ2) is 7.46. The van der Waals surface area contributed by atoms with Crippen molar-refractivity contribution in [1.29, 1.82) is 0 Å². The summed E-state index contributed by atoms with van der Waals surface area (Å²) in [5.41, 5.74) is -0.843. The molecule has 31 heavy (non-hydrogen) atoms. The van der Waals surface area contributed by atoms with Gasteiger partial charge in [0.15, 0.2) is 5.76 Å². The number of rotatable bonds is 6. The molecule has 1 fully saturated rings. The first kappa shape index (κ1) is 21.0. The molecule has 12 heteroatoms. The molecule has 0 spiro atoms. The number of aryl methyl sites for hydroxylation is 1. The standard InChI is InChI=1S/C19H22N6O5S/c1-10-5-6-20-25(10)17-24-23-16(31-17)21-14(26)12-7-11(13(29-4)15(27)30-12)22-18(2)8-19(3,28)9-18/h5-7,22,28H,8-9H2,1-4H3,(H,21,23,26). The Balaban J connectivity index is 1.56. The van der Waals surface area contributed by atoms with E-state index < -0.39 is 22.7 Å². The first-order valence-corrected chi connectivity index (χ1v) is 10.3. The molecule has 0 radical (unpaired) electrons. The lowest BCUT2D eigenvalue weighted by atomic mass is 9.67. The Morgan fingerprint density at radius 3 is 2.71 bits per heavy atom. The number of aromatic nitrogens is 4. The van der Waals surface area contributed by atoms with Gasteiger partial charge in [-0.15, -0.1) is 10.2 Å². The third-order valence-corrected chi connectivity index (χ3v) is 5.78. The van der Waals surface area contributed by atoms with Crippen LogP contribution in [-0.4, -0.2) is 49.2 Å². The second-order valence-corrected chi connectivity index (χ2v) is 9.07. The summed E-state index contributed by atoms with van der Waals surface area (Å²) in [5, 5.41) is 28.7. The number of amides is 1. The minimum Gasteiger partial charge on any atom is -0.488 e. The van der Waals surface area contributed by atoms with Crippen molar-refractivity contribution < 1.29 is 19.1 Å². The molecule has 0 atom stereocenters. The maximum absolute atomic E-state index is 12.7. The molecule has 1 amide bonds. The summed E-state index contributed by atoms with van der Waals surface area (Å²) >= 11 is 1.12. The summed E-state index contributed by atoms with van der Waals surface area (Å²) in [5.74, 6) is -0.917. The van der Waals surface area contributed by atoms with Gasteiger partial charge in [0, 0.05) is 23.5 Å². The number of ether oxygens (including phenoxy) is 1. The van der Waals surface area contributed by atoms with Gasteiger partial charge in [-0.3, -0.25) is 10.1 Å². The maximum atomic E-state index is 12.7. The smallest absolute Gasteiger partial charge is 0.381 e. The van der Waals surface area contributed by atoms with Crippen molar-refractivity contribution in [3.8, 4) is 10.9 Å². The zero-order chi connectivity index (χ0) is 22.4. The van der Waals surface area contributed by atoms with Crippen LogP contribution in [0.2, 0.25) is 0 Å². The van der Waals surface area contributed by atoms with Gasteiger partial charge >= 0.3 is 5.63 Å². The van der Waals surface area contributed by atoms with Gasteiger partial charge in [-0.05, 0) is 39.7 Å². The molecule has 3 aromatic heterocycles. The molecule has 11 nitrogen and oxygen atoms in total. The molecule has 3 N–H and O–H groups in total. The number of carbonyl (C=O) groups is 1. The first-order chi connectivity index (χ1) is 14.6. The molecule has 4 rings (SSSR count). The van der Waals surface area contributed by atoms with E-state index in [4.69, 9.17) is 9.15 Å². The minimum atomic E-state index is -0.794. The van der Waals surface area contributed by atoms with Gasteiger partial charge in [0.2, 0.25) is 16.0 Å². The van der Waals surface area contributed by atoms with Crippen LogP contribution in [0.1, 0.15) is 42.9 Å².